The number of halogens is 1. The Hall–Kier alpha value is -2.47. The normalized spacial score (nSPS) is 15.0. The first-order valence-electron chi connectivity index (χ1n) is 8.52. The fourth-order valence-electron chi connectivity index (χ4n) is 2.27. The molecule has 26 heavy (non-hydrogen) atoms. The number of benzene rings is 1. The van der Waals surface area contributed by atoms with Crippen LogP contribution < -0.4 is 14.8 Å². The van der Waals surface area contributed by atoms with E-state index in [0.29, 0.717) is 28.3 Å². The molecule has 138 valence electrons. The molecule has 2 aromatic rings. The number of carbonyl (C=O) groups excluding carboxylic acids is 1. The summed E-state index contributed by atoms with van der Waals surface area (Å²) in [5, 5.41) is 7.04. The van der Waals surface area contributed by atoms with Gasteiger partial charge in [0.05, 0.1) is 11.6 Å². The smallest absolute Gasteiger partial charge is 0.260 e. The number of hydrogen-bond acceptors (Lipinski definition) is 5. The van der Waals surface area contributed by atoms with Crippen LogP contribution in [0.3, 0.4) is 0 Å². The average molecular weight is 377 g/mol. The van der Waals surface area contributed by atoms with E-state index in [1.165, 1.54) is 19.8 Å². The summed E-state index contributed by atoms with van der Waals surface area (Å²) in [5.41, 5.74) is 0. The first-order valence-corrected chi connectivity index (χ1v) is 8.89. The number of carbonyl (C=O) groups is 1. The van der Waals surface area contributed by atoms with Gasteiger partial charge in [-0.1, -0.05) is 17.7 Å². The number of nitrogens with one attached hydrogen (secondary N) is 1. The van der Waals surface area contributed by atoms with E-state index in [1.807, 2.05) is 13.0 Å². The van der Waals surface area contributed by atoms with Crippen LogP contribution in [0.2, 0.25) is 5.02 Å². The van der Waals surface area contributed by atoms with Crippen LogP contribution in [0.15, 0.2) is 34.9 Å². The molecule has 6 nitrogen and oxygen atoms in total. The summed E-state index contributed by atoms with van der Waals surface area (Å²) < 4.78 is 16.5. The predicted octanol–water partition coefficient (Wildman–Crippen LogP) is 4.45. The van der Waals surface area contributed by atoms with Gasteiger partial charge in [0.1, 0.15) is 11.5 Å². The highest BCUT2D eigenvalue weighted by atomic mass is 35.5. The molecule has 0 aliphatic heterocycles. The second kappa shape index (κ2) is 8.27. The molecule has 1 heterocycles. The molecule has 3 rings (SSSR count). The van der Waals surface area contributed by atoms with Crippen LogP contribution in [0.5, 0.6) is 17.4 Å². The van der Waals surface area contributed by atoms with Crippen molar-refractivity contribution in [1.29, 1.82) is 0 Å². The molecule has 7 heteroatoms. The lowest BCUT2D eigenvalue weighted by molar-refractivity contribution is -0.119. The topological polar surface area (TPSA) is 73.6 Å². The first-order chi connectivity index (χ1) is 12.5. The number of rotatable bonds is 8. The van der Waals surface area contributed by atoms with Crippen LogP contribution in [-0.2, 0) is 4.79 Å². The summed E-state index contributed by atoms with van der Waals surface area (Å²) in [4.78, 5) is 11.0. The van der Waals surface area contributed by atoms with E-state index in [0.717, 1.165) is 12.4 Å². The quantitative estimate of drug-likeness (QED) is 0.736. The Morgan fingerprint density at radius 2 is 2.27 bits per heavy atom. The van der Waals surface area contributed by atoms with Crippen molar-refractivity contribution in [3.63, 3.8) is 0 Å². The molecule has 1 aromatic carbocycles. The largest absolute Gasteiger partial charge is 0.493 e. The van der Waals surface area contributed by atoms with Crippen LogP contribution in [0, 0.1) is 5.92 Å². The number of ether oxygens (including phenoxy) is 2. The van der Waals surface area contributed by atoms with E-state index in [9.17, 15) is 4.79 Å². The number of aromatic nitrogens is 1. The van der Waals surface area contributed by atoms with Crippen molar-refractivity contribution in [2.75, 3.05) is 6.61 Å². The molecule has 0 spiro atoms. The van der Waals surface area contributed by atoms with Crippen molar-refractivity contribution in [2.45, 2.75) is 32.7 Å². The van der Waals surface area contributed by atoms with E-state index >= 15 is 0 Å². The Morgan fingerprint density at radius 1 is 1.46 bits per heavy atom. The first kappa shape index (κ1) is 18.3. The van der Waals surface area contributed by atoms with Crippen LogP contribution >= 0.6 is 11.6 Å². The fourth-order valence-corrected chi connectivity index (χ4v) is 2.48. The maximum atomic E-state index is 11.0. The molecule has 1 N–H and O–H groups in total. The minimum atomic E-state index is -0.111. The highest BCUT2D eigenvalue weighted by Crippen LogP contribution is 2.34. The third-order valence-electron chi connectivity index (χ3n) is 3.79. The van der Waals surface area contributed by atoms with Crippen LogP contribution in [0.25, 0.3) is 6.08 Å². The highest BCUT2D eigenvalue weighted by molar-refractivity contribution is 6.32. The summed E-state index contributed by atoms with van der Waals surface area (Å²) in [6.07, 6.45) is 5.99. The minimum absolute atomic E-state index is 0.0945. The number of nitrogens with zero attached hydrogens (tertiary/aromatic N) is 1. The molecule has 0 bridgehead atoms. The number of hydrogen-bond donors (Lipinski definition) is 1. The molecule has 1 fully saturated rings. The van der Waals surface area contributed by atoms with Crippen LogP contribution in [0.4, 0.5) is 0 Å². The Balaban J connectivity index is 1.57. The van der Waals surface area contributed by atoms with Crippen molar-refractivity contribution in [3.8, 4) is 17.4 Å². The predicted molar refractivity (Wildman–Crippen MR) is 98.6 cm³/mol. The van der Waals surface area contributed by atoms with Crippen LogP contribution in [0.1, 0.15) is 32.4 Å². The molecule has 1 aliphatic carbocycles. The van der Waals surface area contributed by atoms with Gasteiger partial charge in [-0.05, 0) is 49.0 Å². The summed E-state index contributed by atoms with van der Waals surface area (Å²) >= 11 is 6.25. The lowest BCUT2D eigenvalue weighted by Gasteiger charge is -2.08. The second-order valence-electron chi connectivity index (χ2n) is 6.36. The van der Waals surface area contributed by atoms with Gasteiger partial charge in [-0.3, -0.25) is 4.79 Å². The van der Waals surface area contributed by atoms with Crippen molar-refractivity contribution in [2.24, 2.45) is 5.92 Å². The Labute approximate surface area is 157 Å². The second-order valence-corrected chi connectivity index (χ2v) is 6.77. The van der Waals surface area contributed by atoms with Crippen molar-refractivity contribution in [1.82, 2.24) is 10.5 Å². The van der Waals surface area contributed by atoms with Gasteiger partial charge in [-0.2, -0.15) is 0 Å². The minimum Gasteiger partial charge on any atom is -0.493 e. The summed E-state index contributed by atoms with van der Waals surface area (Å²) in [7, 11) is 0. The molecule has 1 aliphatic rings. The summed E-state index contributed by atoms with van der Waals surface area (Å²) in [6.45, 7) is 4.06. The van der Waals surface area contributed by atoms with Gasteiger partial charge in [-0.15, -0.1) is 0 Å². The van der Waals surface area contributed by atoms with Gasteiger partial charge >= 0.3 is 0 Å². The van der Waals surface area contributed by atoms with Crippen molar-refractivity contribution < 1.29 is 18.8 Å². The van der Waals surface area contributed by atoms with Gasteiger partial charge in [0.15, 0.2) is 5.76 Å². The van der Waals surface area contributed by atoms with E-state index in [-0.39, 0.29) is 11.9 Å². The van der Waals surface area contributed by atoms with Gasteiger partial charge in [0, 0.05) is 25.1 Å². The SMILES string of the molecule is CC(=O)N[C@@H](C)C=Cc1cc(Oc2ccc(OCC3CC3)cc2Cl)no1. The van der Waals surface area contributed by atoms with E-state index in [4.69, 9.17) is 25.6 Å². The summed E-state index contributed by atoms with van der Waals surface area (Å²) in [6, 6.07) is 6.83. The van der Waals surface area contributed by atoms with Crippen molar-refractivity contribution >= 4 is 23.6 Å². The zero-order valence-electron chi connectivity index (χ0n) is 14.7. The maximum absolute atomic E-state index is 11.0. The van der Waals surface area contributed by atoms with E-state index in [2.05, 4.69) is 10.5 Å². The molecule has 1 aromatic heterocycles. The molecular weight excluding hydrogens is 356 g/mol. The molecule has 1 amide bonds. The molecular formula is C19H21ClN2O4. The Kier molecular flexibility index (Phi) is 5.83. The zero-order chi connectivity index (χ0) is 18.5. The standard InChI is InChI=1S/C19H21ClN2O4/c1-12(21-13(2)23)3-6-16-10-19(22-26-16)25-18-8-7-15(9-17(18)20)24-11-14-4-5-14/h3,6-10,12,14H,4-5,11H2,1-2H3,(H,21,23)/t12-/m0/s1. The highest BCUT2D eigenvalue weighted by Gasteiger charge is 2.22. The van der Waals surface area contributed by atoms with E-state index < -0.39 is 0 Å². The molecule has 1 saturated carbocycles. The third kappa shape index (κ3) is 5.52. The van der Waals surface area contributed by atoms with E-state index in [1.54, 1.807) is 30.4 Å². The van der Waals surface area contributed by atoms with Gasteiger partial charge in [0.2, 0.25) is 5.91 Å². The van der Waals surface area contributed by atoms with Gasteiger partial charge in [-0.25, -0.2) is 0 Å². The fraction of sp³-hybridized carbons (Fsp3) is 0.368. The molecule has 0 saturated heterocycles. The monoisotopic (exact) mass is 376 g/mol. The lowest BCUT2D eigenvalue weighted by atomic mass is 10.3. The Morgan fingerprint density at radius 3 is 2.96 bits per heavy atom. The molecule has 0 unspecified atom stereocenters. The Bertz CT molecular complexity index is 799. The molecule has 1 atom stereocenters. The maximum Gasteiger partial charge on any atom is 0.260 e. The zero-order valence-corrected chi connectivity index (χ0v) is 15.5. The average Bonchev–Trinajstić information content (AvgIpc) is 3.31. The van der Waals surface area contributed by atoms with Gasteiger partial charge in [0.25, 0.3) is 5.88 Å². The molecule has 0 radical (unpaired) electrons. The van der Waals surface area contributed by atoms with Crippen LogP contribution in [-0.4, -0.2) is 23.7 Å². The van der Waals surface area contributed by atoms with Gasteiger partial charge < -0.3 is 19.3 Å². The van der Waals surface area contributed by atoms with Crippen molar-refractivity contribution in [3.05, 3.63) is 41.1 Å². The third-order valence-corrected chi connectivity index (χ3v) is 4.08. The summed E-state index contributed by atoms with van der Waals surface area (Å²) in [5.74, 6) is 2.59. The number of amides is 1. The lowest BCUT2D eigenvalue weighted by Crippen LogP contribution is -2.28.